The first-order valence-electron chi connectivity index (χ1n) is 8.09. The zero-order valence-electron chi connectivity index (χ0n) is 14.4. The molecule has 1 N–H and O–H groups in total. The maximum absolute atomic E-state index is 12.0. The minimum atomic E-state index is -0.602. The Hall–Kier alpha value is -2.51. The van der Waals surface area contributed by atoms with Gasteiger partial charge in [0, 0.05) is 11.1 Å². The summed E-state index contributed by atoms with van der Waals surface area (Å²) in [5, 5.41) is 7.07. The third-order valence-electron chi connectivity index (χ3n) is 3.64. The lowest BCUT2D eigenvalue weighted by Gasteiger charge is -2.08. The molecule has 0 aliphatic rings. The molecule has 2 aromatic heterocycles. The molecule has 26 heavy (non-hydrogen) atoms. The molecule has 0 saturated carbocycles. The molecule has 134 valence electrons. The summed E-state index contributed by atoms with van der Waals surface area (Å²) in [6.07, 6.45) is 0. The minimum absolute atomic E-state index is 0.215. The van der Waals surface area contributed by atoms with Crippen molar-refractivity contribution in [2.75, 3.05) is 11.9 Å². The highest BCUT2D eigenvalue weighted by molar-refractivity contribution is 7.20. The van der Waals surface area contributed by atoms with Gasteiger partial charge >= 0.3 is 5.97 Å². The number of hydrogen-bond acceptors (Lipinski definition) is 6. The Morgan fingerprint density at radius 2 is 1.92 bits per heavy atom. The van der Waals surface area contributed by atoms with E-state index in [-0.39, 0.29) is 18.2 Å². The number of ether oxygens (including phenoxy) is 1. The second-order valence-corrected chi connectivity index (χ2v) is 7.72. The Morgan fingerprint density at radius 3 is 2.58 bits per heavy atom. The lowest BCUT2D eigenvalue weighted by molar-refractivity contribution is -0.119. The van der Waals surface area contributed by atoms with Crippen molar-refractivity contribution in [1.29, 1.82) is 0 Å². The summed E-state index contributed by atoms with van der Waals surface area (Å²) in [5.41, 5.74) is 2.08. The first-order chi connectivity index (χ1) is 12.5. The van der Waals surface area contributed by atoms with E-state index in [0.717, 1.165) is 9.88 Å². The maximum Gasteiger partial charge on any atom is 0.358 e. The minimum Gasteiger partial charge on any atom is -0.451 e. The SMILES string of the molecule is CC(C)c1ccc(NC(=O)COC(=O)c2csc(-c3cccs3)n2)cc1. The van der Waals surface area contributed by atoms with Gasteiger partial charge in [0.25, 0.3) is 5.91 Å². The molecule has 1 amide bonds. The van der Waals surface area contributed by atoms with Gasteiger partial charge in [0.1, 0.15) is 5.01 Å². The fourth-order valence-electron chi connectivity index (χ4n) is 2.23. The van der Waals surface area contributed by atoms with Gasteiger partial charge in [-0.15, -0.1) is 22.7 Å². The predicted octanol–water partition coefficient (Wildman–Crippen LogP) is 4.79. The van der Waals surface area contributed by atoms with Crippen LogP contribution in [0.3, 0.4) is 0 Å². The second kappa shape index (κ2) is 8.25. The van der Waals surface area contributed by atoms with E-state index in [1.807, 2.05) is 41.8 Å². The largest absolute Gasteiger partial charge is 0.451 e. The number of amides is 1. The molecule has 0 unspecified atom stereocenters. The first kappa shape index (κ1) is 18.3. The van der Waals surface area contributed by atoms with Crippen molar-refractivity contribution in [2.45, 2.75) is 19.8 Å². The molecule has 3 rings (SSSR count). The smallest absolute Gasteiger partial charge is 0.358 e. The number of nitrogens with one attached hydrogen (secondary N) is 1. The molecule has 2 heterocycles. The molecule has 0 fully saturated rings. The summed E-state index contributed by atoms with van der Waals surface area (Å²) < 4.78 is 5.05. The van der Waals surface area contributed by atoms with Crippen LogP contribution >= 0.6 is 22.7 Å². The number of aromatic nitrogens is 1. The van der Waals surface area contributed by atoms with Gasteiger partial charge in [-0.05, 0) is 35.1 Å². The van der Waals surface area contributed by atoms with Crippen molar-refractivity contribution in [3.8, 4) is 9.88 Å². The third kappa shape index (κ3) is 4.56. The van der Waals surface area contributed by atoms with Gasteiger partial charge in [0.05, 0.1) is 4.88 Å². The van der Waals surface area contributed by atoms with Gasteiger partial charge in [-0.25, -0.2) is 9.78 Å². The summed E-state index contributed by atoms with van der Waals surface area (Å²) >= 11 is 2.93. The van der Waals surface area contributed by atoms with Crippen molar-refractivity contribution in [1.82, 2.24) is 4.98 Å². The highest BCUT2D eigenvalue weighted by atomic mass is 32.1. The quantitative estimate of drug-likeness (QED) is 0.619. The molecule has 0 radical (unpaired) electrons. The average Bonchev–Trinajstić information content (AvgIpc) is 3.31. The van der Waals surface area contributed by atoms with Gasteiger partial charge in [0.15, 0.2) is 12.3 Å². The van der Waals surface area contributed by atoms with Crippen molar-refractivity contribution in [3.63, 3.8) is 0 Å². The van der Waals surface area contributed by atoms with E-state index in [2.05, 4.69) is 24.1 Å². The fraction of sp³-hybridized carbons (Fsp3) is 0.211. The van der Waals surface area contributed by atoms with Crippen molar-refractivity contribution in [2.24, 2.45) is 0 Å². The molecular formula is C19H18N2O3S2. The van der Waals surface area contributed by atoms with E-state index in [4.69, 9.17) is 4.74 Å². The topological polar surface area (TPSA) is 68.3 Å². The molecule has 7 heteroatoms. The Labute approximate surface area is 159 Å². The van der Waals surface area contributed by atoms with Crippen LogP contribution in [-0.4, -0.2) is 23.5 Å². The van der Waals surface area contributed by atoms with Crippen molar-refractivity contribution in [3.05, 3.63) is 58.4 Å². The summed E-state index contributed by atoms with van der Waals surface area (Å²) in [6, 6.07) is 11.5. The lowest BCUT2D eigenvalue weighted by Crippen LogP contribution is -2.21. The number of anilines is 1. The van der Waals surface area contributed by atoms with Gasteiger partial charge in [-0.1, -0.05) is 32.0 Å². The van der Waals surface area contributed by atoms with Crippen LogP contribution in [0.5, 0.6) is 0 Å². The number of esters is 1. The summed E-state index contributed by atoms with van der Waals surface area (Å²) in [6.45, 7) is 3.86. The predicted molar refractivity (Wildman–Crippen MR) is 105 cm³/mol. The monoisotopic (exact) mass is 386 g/mol. The van der Waals surface area contributed by atoms with E-state index in [1.54, 1.807) is 16.7 Å². The van der Waals surface area contributed by atoms with Gasteiger partial charge in [0.2, 0.25) is 0 Å². The number of thiophene rings is 1. The zero-order chi connectivity index (χ0) is 18.5. The van der Waals surface area contributed by atoms with E-state index < -0.39 is 5.97 Å². The number of carbonyl (C=O) groups excluding carboxylic acids is 2. The maximum atomic E-state index is 12.0. The molecular weight excluding hydrogens is 368 g/mol. The van der Waals surface area contributed by atoms with Crippen LogP contribution in [0.4, 0.5) is 5.69 Å². The Morgan fingerprint density at radius 1 is 1.15 bits per heavy atom. The summed E-state index contributed by atoms with van der Waals surface area (Å²) in [4.78, 5) is 29.3. The van der Waals surface area contributed by atoms with Crippen LogP contribution in [0.25, 0.3) is 9.88 Å². The molecule has 3 aromatic rings. The number of benzene rings is 1. The highest BCUT2D eigenvalue weighted by Crippen LogP contribution is 2.27. The lowest BCUT2D eigenvalue weighted by atomic mass is 10.0. The standard InChI is InChI=1S/C19H18N2O3S2/c1-12(2)13-5-7-14(8-6-13)20-17(22)10-24-19(23)15-11-26-18(21-15)16-4-3-9-25-16/h3-9,11-12H,10H2,1-2H3,(H,20,22). The molecule has 1 aromatic carbocycles. The van der Waals surface area contributed by atoms with Crippen LogP contribution in [0.15, 0.2) is 47.2 Å². The van der Waals surface area contributed by atoms with Crippen LogP contribution in [0, 0.1) is 0 Å². The van der Waals surface area contributed by atoms with Crippen LogP contribution < -0.4 is 5.32 Å². The Kier molecular flexibility index (Phi) is 5.80. The Bertz CT molecular complexity index is 884. The molecule has 5 nitrogen and oxygen atoms in total. The number of hydrogen-bond donors (Lipinski definition) is 1. The average molecular weight is 386 g/mol. The summed E-state index contributed by atoms with van der Waals surface area (Å²) in [5.74, 6) is -0.559. The molecule has 0 saturated heterocycles. The molecule has 0 atom stereocenters. The third-order valence-corrected chi connectivity index (χ3v) is 5.52. The molecule has 0 bridgehead atoms. The first-order valence-corrected chi connectivity index (χ1v) is 9.85. The Balaban J connectivity index is 1.52. The number of carbonyl (C=O) groups is 2. The normalized spacial score (nSPS) is 10.7. The van der Waals surface area contributed by atoms with E-state index in [1.165, 1.54) is 16.9 Å². The highest BCUT2D eigenvalue weighted by Gasteiger charge is 2.15. The second-order valence-electron chi connectivity index (χ2n) is 5.92. The fourth-order valence-corrected chi connectivity index (χ4v) is 3.84. The van der Waals surface area contributed by atoms with Crippen LogP contribution in [0.2, 0.25) is 0 Å². The van der Waals surface area contributed by atoms with Gasteiger partial charge < -0.3 is 10.1 Å². The molecule has 0 aliphatic heterocycles. The summed E-state index contributed by atoms with van der Waals surface area (Å²) in [7, 11) is 0. The van der Waals surface area contributed by atoms with E-state index in [9.17, 15) is 9.59 Å². The van der Waals surface area contributed by atoms with Crippen LogP contribution in [-0.2, 0) is 9.53 Å². The zero-order valence-corrected chi connectivity index (χ0v) is 16.0. The van der Waals surface area contributed by atoms with Gasteiger partial charge in [-0.2, -0.15) is 0 Å². The number of nitrogens with zero attached hydrogens (tertiary/aromatic N) is 1. The van der Waals surface area contributed by atoms with E-state index in [0.29, 0.717) is 11.6 Å². The van der Waals surface area contributed by atoms with Crippen molar-refractivity contribution < 1.29 is 14.3 Å². The van der Waals surface area contributed by atoms with Gasteiger partial charge in [-0.3, -0.25) is 4.79 Å². The number of thiazole rings is 1. The van der Waals surface area contributed by atoms with Crippen LogP contribution in [0.1, 0.15) is 35.8 Å². The van der Waals surface area contributed by atoms with E-state index >= 15 is 0 Å². The number of rotatable bonds is 6. The molecule has 0 aliphatic carbocycles. The van der Waals surface area contributed by atoms with Crippen molar-refractivity contribution >= 4 is 40.2 Å². The molecule has 0 spiro atoms.